The van der Waals surface area contributed by atoms with Crippen LogP contribution in [0.5, 0.6) is 0 Å². The highest BCUT2D eigenvalue weighted by atomic mass is 32.2. The minimum atomic E-state index is -0.940. The van der Waals surface area contributed by atoms with Crippen molar-refractivity contribution in [1.82, 2.24) is 9.88 Å². The zero-order chi connectivity index (χ0) is 11.5. The van der Waals surface area contributed by atoms with E-state index in [1.165, 1.54) is 22.4 Å². The molecule has 1 aromatic rings. The number of nitrogens with zero attached hydrogens (tertiary/aromatic N) is 2. The summed E-state index contributed by atoms with van der Waals surface area (Å²) < 4.78 is 0. The summed E-state index contributed by atoms with van der Waals surface area (Å²) in [6, 6.07) is -0.714. The van der Waals surface area contributed by atoms with E-state index in [9.17, 15) is 9.59 Å². The SMILES string of the molecule is O=C(O)C1CSCCN1C(=O)c1cncs1. The number of carboxylic acids is 1. The van der Waals surface area contributed by atoms with Crippen LogP contribution in [-0.2, 0) is 4.79 Å². The van der Waals surface area contributed by atoms with Crippen LogP contribution in [-0.4, -0.2) is 51.0 Å². The molecule has 1 amide bonds. The molecule has 2 heterocycles. The summed E-state index contributed by atoms with van der Waals surface area (Å²) in [5.74, 6) is 0.0778. The summed E-state index contributed by atoms with van der Waals surface area (Å²) in [5.41, 5.74) is 1.57. The number of aromatic nitrogens is 1. The summed E-state index contributed by atoms with van der Waals surface area (Å²) in [6.07, 6.45) is 1.48. The van der Waals surface area contributed by atoms with Gasteiger partial charge in [0.15, 0.2) is 0 Å². The second-order valence-corrected chi connectivity index (χ2v) is 5.33. The monoisotopic (exact) mass is 258 g/mol. The predicted octanol–water partition coefficient (Wildman–Crippen LogP) is 0.785. The number of thioether (sulfide) groups is 1. The fraction of sp³-hybridized carbons (Fsp3) is 0.444. The molecule has 1 aromatic heterocycles. The smallest absolute Gasteiger partial charge is 0.327 e. The molecule has 0 saturated carbocycles. The van der Waals surface area contributed by atoms with Crippen molar-refractivity contribution < 1.29 is 14.7 Å². The average molecular weight is 258 g/mol. The Kier molecular flexibility index (Phi) is 3.45. The van der Waals surface area contributed by atoms with E-state index in [0.29, 0.717) is 17.2 Å². The molecule has 0 spiro atoms. The number of rotatable bonds is 2. The highest BCUT2D eigenvalue weighted by Gasteiger charge is 2.33. The summed E-state index contributed by atoms with van der Waals surface area (Å²) in [6.45, 7) is 0.484. The van der Waals surface area contributed by atoms with Crippen LogP contribution in [0.1, 0.15) is 9.67 Å². The molecule has 0 radical (unpaired) electrons. The highest BCUT2D eigenvalue weighted by Crippen LogP contribution is 2.20. The van der Waals surface area contributed by atoms with Crippen molar-refractivity contribution in [3.05, 3.63) is 16.6 Å². The molecule has 16 heavy (non-hydrogen) atoms. The Hall–Kier alpha value is -1.08. The quantitative estimate of drug-likeness (QED) is 0.849. The van der Waals surface area contributed by atoms with E-state index in [0.717, 1.165) is 5.75 Å². The molecule has 7 heteroatoms. The Labute approximate surface area is 100 Å². The maximum absolute atomic E-state index is 12.0. The van der Waals surface area contributed by atoms with Gasteiger partial charge in [-0.05, 0) is 0 Å². The molecule has 1 aliphatic heterocycles. The Balaban J connectivity index is 2.17. The van der Waals surface area contributed by atoms with Gasteiger partial charge in [-0.15, -0.1) is 11.3 Å². The number of amides is 1. The first-order valence-corrected chi connectivity index (χ1v) is 6.73. The van der Waals surface area contributed by atoms with Gasteiger partial charge in [-0.1, -0.05) is 0 Å². The summed E-state index contributed by atoms with van der Waals surface area (Å²) in [4.78, 5) is 28.8. The number of carbonyl (C=O) groups is 2. The van der Waals surface area contributed by atoms with Crippen molar-refractivity contribution in [1.29, 1.82) is 0 Å². The maximum atomic E-state index is 12.0. The molecule has 1 saturated heterocycles. The predicted molar refractivity (Wildman–Crippen MR) is 61.9 cm³/mol. The van der Waals surface area contributed by atoms with Gasteiger partial charge in [-0.25, -0.2) is 4.79 Å². The molecular formula is C9H10N2O3S2. The first-order valence-electron chi connectivity index (χ1n) is 4.70. The van der Waals surface area contributed by atoms with E-state index in [4.69, 9.17) is 5.11 Å². The highest BCUT2D eigenvalue weighted by molar-refractivity contribution is 7.99. The van der Waals surface area contributed by atoms with Gasteiger partial charge < -0.3 is 10.0 Å². The molecule has 1 atom stereocenters. The van der Waals surface area contributed by atoms with Crippen LogP contribution in [0.15, 0.2) is 11.7 Å². The second kappa shape index (κ2) is 4.84. The number of carboxylic acid groups (broad SMARTS) is 1. The van der Waals surface area contributed by atoms with E-state index < -0.39 is 12.0 Å². The van der Waals surface area contributed by atoms with Gasteiger partial charge in [0.1, 0.15) is 10.9 Å². The first-order chi connectivity index (χ1) is 7.70. The van der Waals surface area contributed by atoms with Gasteiger partial charge in [0.25, 0.3) is 5.91 Å². The van der Waals surface area contributed by atoms with Crippen LogP contribution < -0.4 is 0 Å². The molecule has 2 rings (SSSR count). The molecular weight excluding hydrogens is 248 g/mol. The number of carbonyl (C=O) groups excluding carboxylic acids is 1. The summed E-state index contributed by atoms with van der Waals surface area (Å²) >= 11 is 2.80. The van der Waals surface area contributed by atoms with Crippen molar-refractivity contribution in [2.24, 2.45) is 0 Å². The molecule has 0 bridgehead atoms. The fourth-order valence-electron chi connectivity index (χ4n) is 1.51. The Morgan fingerprint density at radius 3 is 3.00 bits per heavy atom. The molecule has 86 valence electrons. The summed E-state index contributed by atoms with van der Waals surface area (Å²) in [5, 5.41) is 9.04. The topological polar surface area (TPSA) is 70.5 Å². The Morgan fingerprint density at radius 2 is 2.38 bits per heavy atom. The molecule has 1 unspecified atom stereocenters. The van der Waals surface area contributed by atoms with E-state index >= 15 is 0 Å². The molecule has 0 aromatic carbocycles. The Bertz CT molecular complexity index is 393. The van der Waals surface area contributed by atoms with Crippen molar-refractivity contribution in [2.75, 3.05) is 18.1 Å². The minimum absolute atomic E-state index is 0.227. The van der Waals surface area contributed by atoms with Crippen LogP contribution in [0.4, 0.5) is 0 Å². The molecule has 5 nitrogen and oxygen atoms in total. The number of aliphatic carboxylic acids is 1. The van der Waals surface area contributed by atoms with Gasteiger partial charge >= 0.3 is 5.97 Å². The average Bonchev–Trinajstić information content (AvgIpc) is 2.81. The van der Waals surface area contributed by atoms with Crippen LogP contribution in [0, 0.1) is 0 Å². The lowest BCUT2D eigenvalue weighted by Gasteiger charge is -2.32. The van der Waals surface area contributed by atoms with Crippen LogP contribution in [0.25, 0.3) is 0 Å². The lowest BCUT2D eigenvalue weighted by atomic mass is 10.2. The largest absolute Gasteiger partial charge is 0.480 e. The van der Waals surface area contributed by atoms with Crippen molar-refractivity contribution in [3.63, 3.8) is 0 Å². The third kappa shape index (κ3) is 2.19. The van der Waals surface area contributed by atoms with Crippen molar-refractivity contribution in [2.45, 2.75) is 6.04 Å². The van der Waals surface area contributed by atoms with Gasteiger partial charge in [-0.2, -0.15) is 11.8 Å². The van der Waals surface area contributed by atoms with Gasteiger partial charge in [-0.3, -0.25) is 9.78 Å². The normalized spacial score (nSPS) is 20.8. The number of thiazole rings is 1. The maximum Gasteiger partial charge on any atom is 0.327 e. The van der Waals surface area contributed by atoms with E-state index in [2.05, 4.69) is 4.98 Å². The van der Waals surface area contributed by atoms with E-state index in [1.807, 2.05) is 0 Å². The molecule has 0 aliphatic carbocycles. The molecule has 1 aliphatic rings. The Morgan fingerprint density at radius 1 is 1.56 bits per heavy atom. The van der Waals surface area contributed by atoms with Crippen molar-refractivity contribution >= 4 is 35.0 Å². The molecule has 1 fully saturated rings. The van der Waals surface area contributed by atoms with E-state index in [-0.39, 0.29) is 5.91 Å². The first kappa shape index (κ1) is 11.4. The lowest BCUT2D eigenvalue weighted by molar-refractivity contribution is -0.141. The lowest BCUT2D eigenvalue weighted by Crippen LogP contribution is -2.50. The van der Waals surface area contributed by atoms with Crippen molar-refractivity contribution in [3.8, 4) is 0 Å². The third-order valence-corrected chi connectivity index (χ3v) is 4.10. The van der Waals surface area contributed by atoms with Crippen LogP contribution >= 0.6 is 23.1 Å². The third-order valence-electron chi connectivity index (χ3n) is 2.32. The summed E-state index contributed by atoms with van der Waals surface area (Å²) in [7, 11) is 0. The molecule has 1 N–H and O–H groups in total. The second-order valence-electron chi connectivity index (χ2n) is 3.29. The van der Waals surface area contributed by atoms with Gasteiger partial charge in [0, 0.05) is 18.1 Å². The zero-order valence-corrected chi connectivity index (χ0v) is 9.96. The van der Waals surface area contributed by atoms with E-state index in [1.54, 1.807) is 17.3 Å². The minimum Gasteiger partial charge on any atom is -0.480 e. The standard InChI is InChI=1S/C9H10N2O3S2/c12-8(7-3-10-5-16-7)11-1-2-15-4-6(11)9(13)14/h3,5-6H,1-2,4H2,(H,13,14). The van der Waals surface area contributed by atoms with Crippen LogP contribution in [0.3, 0.4) is 0 Å². The fourth-order valence-corrected chi connectivity index (χ4v) is 3.13. The number of hydrogen-bond acceptors (Lipinski definition) is 5. The van der Waals surface area contributed by atoms with Gasteiger partial charge in [0.05, 0.1) is 11.7 Å². The zero-order valence-electron chi connectivity index (χ0n) is 8.33. The van der Waals surface area contributed by atoms with Gasteiger partial charge in [0.2, 0.25) is 0 Å². The number of hydrogen-bond donors (Lipinski definition) is 1. The van der Waals surface area contributed by atoms with Crippen LogP contribution in [0.2, 0.25) is 0 Å².